The lowest BCUT2D eigenvalue weighted by Crippen LogP contribution is -2.33. The molecule has 0 unspecified atom stereocenters. The molecule has 33 heavy (non-hydrogen) atoms. The number of halogens is 6. The molecule has 174 valence electrons. The van der Waals surface area contributed by atoms with Gasteiger partial charge in [0.1, 0.15) is 11.6 Å². The van der Waals surface area contributed by atoms with Crippen LogP contribution in [0.5, 0.6) is 0 Å². The predicted molar refractivity (Wildman–Crippen MR) is 122 cm³/mol. The Morgan fingerprint density at radius 1 is 0.818 bits per heavy atom. The fourth-order valence-electron chi connectivity index (χ4n) is 4.09. The van der Waals surface area contributed by atoms with Crippen molar-refractivity contribution in [3.05, 3.63) is 113 Å². The minimum atomic E-state index is -4.37. The summed E-state index contributed by atoms with van der Waals surface area (Å²) in [5.74, 6) is -0.726. The number of rotatable bonds is 5. The summed E-state index contributed by atoms with van der Waals surface area (Å²) in [7, 11) is 0. The Hall–Kier alpha value is -2.70. The zero-order valence-electron chi connectivity index (χ0n) is 17.7. The summed E-state index contributed by atoms with van der Waals surface area (Å²) in [6.45, 7) is 1.90. The summed E-state index contributed by atoms with van der Waals surface area (Å²) in [6.07, 6.45) is -1.78. The molecule has 0 radical (unpaired) electrons. The summed E-state index contributed by atoms with van der Waals surface area (Å²) in [5.41, 5.74) is 2.68. The zero-order chi connectivity index (χ0) is 22.7. The van der Waals surface area contributed by atoms with Gasteiger partial charge in [0.25, 0.3) is 0 Å². The van der Waals surface area contributed by atoms with Crippen LogP contribution in [0, 0.1) is 11.6 Å². The topological polar surface area (TPSA) is 3.24 Å². The third kappa shape index (κ3) is 6.21. The fourth-order valence-corrected chi connectivity index (χ4v) is 4.09. The molecule has 1 heterocycles. The van der Waals surface area contributed by atoms with Gasteiger partial charge in [0.05, 0.1) is 5.56 Å². The van der Waals surface area contributed by atoms with E-state index < -0.39 is 11.7 Å². The van der Waals surface area contributed by atoms with Crippen LogP contribution >= 0.6 is 12.4 Å². The van der Waals surface area contributed by atoms with E-state index in [2.05, 4.69) is 4.90 Å². The van der Waals surface area contributed by atoms with Crippen LogP contribution in [0.15, 0.2) is 78.9 Å². The van der Waals surface area contributed by atoms with Crippen molar-refractivity contribution >= 4 is 18.0 Å². The molecule has 0 saturated heterocycles. The molecule has 0 atom stereocenters. The third-order valence-electron chi connectivity index (χ3n) is 5.84. The van der Waals surface area contributed by atoms with Crippen LogP contribution in [-0.4, -0.2) is 24.5 Å². The van der Waals surface area contributed by atoms with E-state index in [0.29, 0.717) is 31.6 Å². The van der Waals surface area contributed by atoms with Crippen molar-refractivity contribution in [2.45, 2.75) is 18.5 Å². The van der Waals surface area contributed by atoms with E-state index in [9.17, 15) is 22.0 Å². The van der Waals surface area contributed by atoms with Crippen molar-refractivity contribution in [3.8, 4) is 0 Å². The van der Waals surface area contributed by atoms with E-state index >= 15 is 0 Å². The van der Waals surface area contributed by atoms with Crippen LogP contribution < -0.4 is 0 Å². The van der Waals surface area contributed by atoms with Gasteiger partial charge in [0, 0.05) is 25.6 Å². The smallest absolute Gasteiger partial charge is 0.298 e. The number of alkyl halides is 3. The molecule has 0 bridgehead atoms. The van der Waals surface area contributed by atoms with E-state index in [1.54, 1.807) is 30.3 Å². The molecule has 3 aromatic carbocycles. The van der Waals surface area contributed by atoms with Crippen LogP contribution in [0.4, 0.5) is 22.0 Å². The fraction of sp³-hybridized carbons (Fsp3) is 0.231. The number of nitrogens with zero attached hydrogens (tertiary/aromatic N) is 1. The SMILES string of the molecule is Cl.Fc1ccc(C(CN2CC=C(c3cccc(C(F)(F)F)c3)CC2)c2ccc(F)cc2)cc1. The molecule has 1 aliphatic heterocycles. The molecular weight excluding hydrogens is 457 g/mol. The van der Waals surface area contributed by atoms with E-state index in [-0.39, 0.29) is 30.0 Å². The maximum absolute atomic E-state index is 13.4. The van der Waals surface area contributed by atoms with Gasteiger partial charge in [-0.1, -0.05) is 42.5 Å². The van der Waals surface area contributed by atoms with Gasteiger partial charge in [-0.25, -0.2) is 8.78 Å². The molecule has 0 saturated carbocycles. The summed E-state index contributed by atoms with van der Waals surface area (Å²) in [4.78, 5) is 2.20. The Morgan fingerprint density at radius 3 is 1.88 bits per heavy atom. The van der Waals surface area contributed by atoms with Crippen LogP contribution in [0.1, 0.15) is 34.6 Å². The van der Waals surface area contributed by atoms with Crippen molar-refractivity contribution < 1.29 is 22.0 Å². The van der Waals surface area contributed by atoms with Gasteiger partial charge < -0.3 is 0 Å². The van der Waals surface area contributed by atoms with Gasteiger partial charge in [-0.2, -0.15) is 13.2 Å². The Morgan fingerprint density at radius 2 is 1.39 bits per heavy atom. The standard InChI is InChI=1S/C26H22F5N.ClH/c27-23-8-4-19(5-9-23)25(20-6-10-24(28)11-7-20)17-32-14-12-18(13-15-32)21-2-1-3-22(16-21)26(29,30)31;/h1-12,16,25H,13-15,17H2;1H. The highest BCUT2D eigenvalue weighted by Crippen LogP contribution is 2.33. The molecule has 7 heteroatoms. The van der Waals surface area contributed by atoms with Crippen LogP contribution in [0.25, 0.3) is 5.57 Å². The Kier molecular flexibility index (Phi) is 7.92. The number of hydrogen-bond acceptors (Lipinski definition) is 1. The molecule has 0 aliphatic carbocycles. The lowest BCUT2D eigenvalue weighted by atomic mass is 9.90. The zero-order valence-corrected chi connectivity index (χ0v) is 18.5. The van der Waals surface area contributed by atoms with Crippen LogP contribution in [0.3, 0.4) is 0 Å². The Bertz CT molecular complexity index is 1050. The van der Waals surface area contributed by atoms with Crippen LogP contribution in [0.2, 0.25) is 0 Å². The molecule has 3 aromatic rings. The summed E-state index contributed by atoms with van der Waals surface area (Å²) in [5, 5.41) is 0. The normalized spacial score (nSPS) is 14.7. The minimum Gasteiger partial charge on any atom is -0.298 e. The average molecular weight is 480 g/mol. The summed E-state index contributed by atoms with van der Waals surface area (Å²) < 4.78 is 66.0. The molecule has 0 fully saturated rings. The monoisotopic (exact) mass is 479 g/mol. The lowest BCUT2D eigenvalue weighted by molar-refractivity contribution is -0.137. The van der Waals surface area contributed by atoms with Crippen LogP contribution in [-0.2, 0) is 6.18 Å². The van der Waals surface area contributed by atoms with Gasteiger partial charge >= 0.3 is 6.18 Å². The molecule has 0 amide bonds. The number of hydrogen-bond donors (Lipinski definition) is 0. The molecular formula is C26H23ClF5N. The van der Waals surface area contributed by atoms with E-state index in [0.717, 1.165) is 22.8 Å². The highest BCUT2D eigenvalue weighted by Gasteiger charge is 2.30. The first-order valence-electron chi connectivity index (χ1n) is 10.4. The first kappa shape index (κ1) is 24.9. The largest absolute Gasteiger partial charge is 0.416 e. The van der Waals surface area contributed by atoms with Crippen molar-refractivity contribution in [3.63, 3.8) is 0 Å². The lowest BCUT2D eigenvalue weighted by Gasteiger charge is -2.31. The van der Waals surface area contributed by atoms with E-state index in [1.807, 2.05) is 6.08 Å². The van der Waals surface area contributed by atoms with E-state index in [1.165, 1.54) is 36.4 Å². The highest BCUT2D eigenvalue weighted by molar-refractivity contribution is 5.85. The van der Waals surface area contributed by atoms with E-state index in [4.69, 9.17) is 0 Å². The maximum Gasteiger partial charge on any atom is 0.416 e. The Balaban J connectivity index is 0.00000306. The van der Waals surface area contributed by atoms with Gasteiger partial charge in [-0.3, -0.25) is 4.90 Å². The van der Waals surface area contributed by atoms with Gasteiger partial charge in [-0.05, 0) is 65.1 Å². The number of benzene rings is 3. The van der Waals surface area contributed by atoms with Gasteiger partial charge in [0.15, 0.2) is 0 Å². The molecule has 1 nitrogen and oxygen atoms in total. The maximum atomic E-state index is 13.4. The molecule has 4 rings (SSSR count). The quantitative estimate of drug-likeness (QED) is 0.346. The average Bonchev–Trinajstić information content (AvgIpc) is 2.79. The second-order valence-corrected chi connectivity index (χ2v) is 7.97. The Labute approximate surface area is 196 Å². The molecule has 0 N–H and O–H groups in total. The predicted octanol–water partition coefficient (Wildman–Crippen LogP) is 7.33. The summed E-state index contributed by atoms with van der Waals surface area (Å²) in [6, 6.07) is 18.0. The molecule has 0 spiro atoms. The second kappa shape index (κ2) is 10.5. The second-order valence-electron chi connectivity index (χ2n) is 7.97. The van der Waals surface area contributed by atoms with Crippen molar-refractivity contribution in [1.29, 1.82) is 0 Å². The minimum absolute atomic E-state index is 0. The van der Waals surface area contributed by atoms with Crippen molar-refractivity contribution in [2.75, 3.05) is 19.6 Å². The first-order valence-corrected chi connectivity index (χ1v) is 10.4. The highest BCUT2D eigenvalue weighted by atomic mass is 35.5. The third-order valence-corrected chi connectivity index (χ3v) is 5.84. The van der Waals surface area contributed by atoms with Gasteiger partial charge in [-0.15, -0.1) is 12.4 Å². The molecule has 0 aromatic heterocycles. The molecule has 1 aliphatic rings. The van der Waals surface area contributed by atoms with Crippen molar-refractivity contribution in [2.24, 2.45) is 0 Å². The first-order chi connectivity index (χ1) is 15.3. The summed E-state index contributed by atoms with van der Waals surface area (Å²) >= 11 is 0. The van der Waals surface area contributed by atoms with Gasteiger partial charge in [0.2, 0.25) is 0 Å². The van der Waals surface area contributed by atoms with Crippen molar-refractivity contribution in [1.82, 2.24) is 4.90 Å².